The fourth-order valence-corrected chi connectivity index (χ4v) is 2.64. The second-order valence-electron chi connectivity index (χ2n) is 4.87. The van der Waals surface area contributed by atoms with Crippen molar-refractivity contribution in [1.29, 1.82) is 0 Å². The molecule has 0 bridgehead atoms. The van der Waals surface area contributed by atoms with Gasteiger partial charge in [0.2, 0.25) is 0 Å². The minimum absolute atomic E-state index is 0.00917. The van der Waals surface area contributed by atoms with Gasteiger partial charge in [-0.15, -0.1) is 0 Å². The Bertz CT molecular complexity index is 457. The zero-order valence-electron chi connectivity index (χ0n) is 10.4. The van der Waals surface area contributed by atoms with E-state index in [4.69, 9.17) is 4.74 Å². The summed E-state index contributed by atoms with van der Waals surface area (Å²) >= 11 is 0. The molecule has 1 amide bonds. The van der Waals surface area contributed by atoms with Gasteiger partial charge >= 0.3 is 0 Å². The van der Waals surface area contributed by atoms with Crippen molar-refractivity contribution in [3.05, 3.63) is 18.3 Å². The van der Waals surface area contributed by atoms with Crippen molar-refractivity contribution in [2.45, 2.75) is 18.9 Å². The third-order valence-corrected chi connectivity index (χ3v) is 3.66. The Balaban J connectivity index is 1.88. The van der Waals surface area contributed by atoms with Crippen LogP contribution in [-0.2, 0) is 4.79 Å². The van der Waals surface area contributed by atoms with Gasteiger partial charge in [0.05, 0.1) is 0 Å². The highest BCUT2D eigenvalue weighted by atomic mass is 16.5. The lowest BCUT2D eigenvalue weighted by molar-refractivity contribution is -0.128. The Labute approximate surface area is 106 Å². The molecule has 1 saturated heterocycles. The molecule has 18 heavy (non-hydrogen) atoms. The molecule has 1 N–H and O–H groups in total. The van der Waals surface area contributed by atoms with E-state index in [1.165, 1.54) is 0 Å². The maximum Gasteiger partial charge on any atom is 0.269 e. The van der Waals surface area contributed by atoms with Gasteiger partial charge < -0.3 is 10.1 Å². The van der Waals surface area contributed by atoms with E-state index in [0.717, 1.165) is 25.9 Å². The number of hydrogen-bond donors (Lipinski definition) is 1. The van der Waals surface area contributed by atoms with E-state index < -0.39 is 0 Å². The molecule has 0 aromatic carbocycles. The number of fused-ring (bicyclic) bond motifs is 1. The van der Waals surface area contributed by atoms with E-state index in [0.29, 0.717) is 11.6 Å². The van der Waals surface area contributed by atoms with Gasteiger partial charge in [-0.05, 0) is 31.5 Å². The van der Waals surface area contributed by atoms with Crippen LogP contribution in [0.25, 0.3) is 0 Å². The summed E-state index contributed by atoms with van der Waals surface area (Å²) in [4.78, 5) is 18.1. The molecule has 0 radical (unpaired) electrons. The number of carbonyl (C=O) groups excluding carboxylic acids is 1. The van der Waals surface area contributed by atoms with E-state index in [-0.39, 0.29) is 17.9 Å². The first kappa shape index (κ1) is 11.5. The second kappa shape index (κ2) is 4.57. The largest absolute Gasteiger partial charge is 0.476 e. The molecule has 2 aliphatic heterocycles. The van der Waals surface area contributed by atoms with Gasteiger partial charge in [-0.2, -0.15) is 0 Å². The number of anilines is 1. The molecule has 0 spiro atoms. The Morgan fingerprint density at radius 1 is 1.56 bits per heavy atom. The van der Waals surface area contributed by atoms with Crippen LogP contribution < -0.4 is 15.0 Å². The van der Waals surface area contributed by atoms with Crippen LogP contribution in [0.1, 0.15) is 12.8 Å². The number of piperidine rings is 1. The number of likely N-dealkylation sites (N-methyl/N-ethyl adjacent to an activating group) is 1. The molecule has 3 heterocycles. The Morgan fingerprint density at radius 3 is 3.22 bits per heavy atom. The Kier molecular flexibility index (Phi) is 2.91. The molecule has 5 heteroatoms. The first-order valence-electron chi connectivity index (χ1n) is 6.37. The summed E-state index contributed by atoms with van der Waals surface area (Å²) in [5.41, 5.74) is 0. The number of nitrogens with zero attached hydrogens (tertiary/aromatic N) is 2. The van der Waals surface area contributed by atoms with Gasteiger partial charge in [0.25, 0.3) is 5.91 Å². The molecule has 5 nitrogen and oxygen atoms in total. The van der Waals surface area contributed by atoms with Crippen molar-refractivity contribution in [2.75, 3.05) is 25.0 Å². The quantitative estimate of drug-likeness (QED) is 0.797. The van der Waals surface area contributed by atoms with E-state index in [9.17, 15) is 4.79 Å². The van der Waals surface area contributed by atoms with Crippen molar-refractivity contribution < 1.29 is 9.53 Å². The van der Waals surface area contributed by atoms with Crippen molar-refractivity contribution in [2.24, 2.45) is 5.92 Å². The average molecular weight is 247 g/mol. The van der Waals surface area contributed by atoms with E-state index in [1.54, 1.807) is 18.1 Å². The fraction of sp³-hybridized carbons (Fsp3) is 0.538. The number of carbonyl (C=O) groups is 1. The lowest BCUT2D eigenvalue weighted by Gasteiger charge is -2.36. The van der Waals surface area contributed by atoms with Crippen LogP contribution in [0.4, 0.5) is 5.82 Å². The predicted octanol–water partition coefficient (Wildman–Crippen LogP) is 0.805. The number of rotatable bonds is 1. The minimum Gasteiger partial charge on any atom is -0.476 e. The monoisotopic (exact) mass is 247 g/mol. The highest BCUT2D eigenvalue weighted by molar-refractivity contribution is 5.98. The molecule has 1 aromatic heterocycles. The van der Waals surface area contributed by atoms with Crippen molar-refractivity contribution >= 4 is 11.7 Å². The number of hydrogen-bond acceptors (Lipinski definition) is 4. The van der Waals surface area contributed by atoms with Gasteiger partial charge in [-0.25, -0.2) is 4.98 Å². The molecule has 0 saturated carbocycles. The third kappa shape index (κ3) is 1.84. The summed E-state index contributed by atoms with van der Waals surface area (Å²) in [6.07, 6.45) is 3.43. The van der Waals surface area contributed by atoms with Crippen LogP contribution >= 0.6 is 0 Å². The van der Waals surface area contributed by atoms with Crippen LogP contribution in [-0.4, -0.2) is 37.1 Å². The lowest BCUT2D eigenvalue weighted by Crippen LogP contribution is -2.51. The zero-order chi connectivity index (χ0) is 12.5. The van der Waals surface area contributed by atoms with Crippen molar-refractivity contribution in [1.82, 2.24) is 10.3 Å². The molecular formula is C13H17N3O2. The maximum atomic E-state index is 12.3. The van der Waals surface area contributed by atoms with E-state index >= 15 is 0 Å². The first-order chi connectivity index (χ1) is 8.77. The molecule has 0 aliphatic carbocycles. The number of nitrogens with one attached hydrogen (secondary N) is 1. The summed E-state index contributed by atoms with van der Waals surface area (Å²) in [7, 11) is 1.76. The van der Waals surface area contributed by atoms with Crippen LogP contribution in [0.15, 0.2) is 18.3 Å². The van der Waals surface area contributed by atoms with Crippen LogP contribution in [0.2, 0.25) is 0 Å². The lowest BCUT2D eigenvalue weighted by atomic mass is 9.92. The van der Waals surface area contributed by atoms with E-state index in [1.807, 2.05) is 12.1 Å². The SMILES string of the molecule is CN1C(=O)C(C2CCCNC2)Oc2cccnc21. The second-order valence-corrected chi connectivity index (χ2v) is 4.87. The summed E-state index contributed by atoms with van der Waals surface area (Å²) in [5.74, 6) is 1.58. The molecule has 2 aliphatic rings. The summed E-state index contributed by atoms with van der Waals surface area (Å²) in [6.45, 7) is 1.88. The minimum atomic E-state index is -0.375. The molecule has 3 rings (SSSR count). The third-order valence-electron chi connectivity index (χ3n) is 3.66. The maximum absolute atomic E-state index is 12.3. The van der Waals surface area contributed by atoms with Gasteiger partial charge in [0.1, 0.15) is 0 Å². The van der Waals surface area contributed by atoms with Crippen LogP contribution in [0.5, 0.6) is 5.75 Å². The molecule has 2 atom stereocenters. The number of ether oxygens (including phenoxy) is 1. The summed E-state index contributed by atoms with van der Waals surface area (Å²) < 4.78 is 5.86. The molecular weight excluding hydrogens is 230 g/mol. The Hall–Kier alpha value is -1.62. The molecule has 2 unspecified atom stereocenters. The number of amides is 1. The Morgan fingerprint density at radius 2 is 2.44 bits per heavy atom. The standard InChI is InChI=1S/C13H17N3O2/c1-16-12-10(5-3-7-15-12)18-11(13(16)17)9-4-2-6-14-8-9/h3,5,7,9,11,14H,2,4,6,8H2,1H3. The molecule has 96 valence electrons. The summed E-state index contributed by atoms with van der Waals surface area (Å²) in [6, 6.07) is 3.70. The number of aromatic nitrogens is 1. The smallest absolute Gasteiger partial charge is 0.269 e. The van der Waals surface area contributed by atoms with Crippen molar-refractivity contribution in [3.63, 3.8) is 0 Å². The van der Waals surface area contributed by atoms with Crippen LogP contribution in [0.3, 0.4) is 0 Å². The molecule has 1 fully saturated rings. The van der Waals surface area contributed by atoms with Gasteiger partial charge in [-0.1, -0.05) is 0 Å². The highest BCUT2D eigenvalue weighted by Crippen LogP contribution is 2.33. The normalized spacial score (nSPS) is 27.6. The van der Waals surface area contributed by atoms with E-state index in [2.05, 4.69) is 10.3 Å². The summed E-state index contributed by atoms with van der Waals surface area (Å²) in [5, 5.41) is 3.33. The topological polar surface area (TPSA) is 54.5 Å². The van der Waals surface area contributed by atoms with Gasteiger partial charge in [0.15, 0.2) is 17.7 Å². The number of pyridine rings is 1. The zero-order valence-corrected chi connectivity index (χ0v) is 10.4. The van der Waals surface area contributed by atoms with Gasteiger partial charge in [-0.3, -0.25) is 9.69 Å². The molecule has 1 aromatic rings. The predicted molar refractivity (Wildman–Crippen MR) is 67.7 cm³/mol. The van der Waals surface area contributed by atoms with Crippen LogP contribution in [0, 0.1) is 5.92 Å². The highest BCUT2D eigenvalue weighted by Gasteiger charge is 2.38. The van der Waals surface area contributed by atoms with Gasteiger partial charge in [0, 0.05) is 25.7 Å². The van der Waals surface area contributed by atoms with Crippen molar-refractivity contribution in [3.8, 4) is 5.75 Å². The average Bonchev–Trinajstić information content (AvgIpc) is 2.44. The first-order valence-corrected chi connectivity index (χ1v) is 6.37. The fourth-order valence-electron chi connectivity index (χ4n) is 2.64.